The molecule has 0 aliphatic rings. The predicted octanol–water partition coefficient (Wildman–Crippen LogP) is 6.34. The lowest BCUT2D eigenvalue weighted by Crippen LogP contribution is -1.85. The van der Waals surface area contributed by atoms with Gasteiger partial charge in [0.05, 0.1) is 5.69 Å². The fourth-order valence-electron chi connectivity index (χ4n) is 3.14. The Labute approximate surface area is 152 Å². The summed E-state index contributed by atoms with van der Waals surface area (Å²) in [6.07, 6.45) is 2.05. The highest BCUT2D eigenvalue weighted by Gasteiger charge is 2.14. The molecule has 0 saturated heterocycles. The molecule has 0 amide bonds. The van der Waals surface area contributed by atoms with Crippen molar-refractivity contribution in [1.82, 2.24) is 9.38 Å². The summed E-state index contributed by atoms with van der Waals surface area (Å²) in [5.74, 6) is 0.744. The minimum absolute atomic E-state index is 0.744. The van der Waals surface area contributed by atoms with Gasteiger partial charge in [-0.3, -0.25) is 4.40 Å². The Balaban J connectivity index is 1.89. The Hall–Kier alpha value is -3.27. The van der Waals surface area contributed by atoms with Crippen molar-refractivity contribution in [2.24, 2.45) is 10.2 Å². The number of aromatic nitrogens is 2. The smallest absolute Gasteiger partial charge is 0.187 e. The summed E-state index contributed by atoms with van der Waals surface area (Å²) in [6.45, 7) is 6.20. The second-order valence-corrected chi connectivity index (χ2v) is 6.63. The molecule has 26 heavy (non-hydrogen) atoms. The molecule has 4 aromatic rings. The van der Waals surface area contributed by atoms with Crippen LogP contribution in [0, 0.1) is 20.8 Å². The molecule has 0 radical (unpaired) electrons. The van der Waals surface area contributed by atoms with Gasteiger partial charge in [0.25, 0.3) is 0 Å². The number of benzene rings is 2. The minimum atomic E-state index is 0.744. The number of aryl methyl sites for hydroxylation is 3. The van der Waals surface area contributed by atoms with Gasteiger partial charge in [-0.25, -0.2) is 4.98 Å². The molecule has 0 N–H and O–H groups in total. The van der Waals surface area contributed by atoms with E-state index in [-0.39, 0.29) is 0 Å². The Morgan fingerprint density at radius 2 is 1.50 bits per heavy atom. The van der Waals surface area contributed by atoms with Gasteiger partial charge >= 0.3 is 0 Å². The van der Waals surface area contributed by atoms with Gasteiger partial charge in [0.2, 0.25) is 0 Å². The van der Waals surface area contributed by atoms with Crippen LogP contribution in [0.5, 0.6) is 0 Å². The summed E-state index contributed by atoms with van der Waals surface area (Å²) in [5, 5.41) is 9.09. The van der Waals surface area contributed by atoms with Crippen LogP contribution in [-0.2, 0) is 0 Å². The number of hydrogen-bond donors (Lipinski definition) is 0. The second kappa shape index (κ2) is 6.56. The monoisotopic (exact) mass is 340 g/mol. The fraction of sp³-hybridized carbons (Fsp3) is 0.136. The van der Waals surface area contributed by atoms with E-state index >= 15 is 0 Å². The van der Waals surface area contributed by atoms with Crippen LogP contribution in [0.4, 0.5) is 11.5 Å². The van der Waals surface area contributed by atoms with Gasteiger partial charge in [0.1, 0.15) is 11.3 Å². The molecule has 0 unspecified atom stereocenters. The van der Waals surface area contributed by atoms with Crippen molar-refractivity contribution in [3.63, 3.8) is 0 Å². The quantitative estimate of drug-likeness (QED) is 0.401. The lowest BCUT2D eigenvalue weighted by atomic mass is 10.1. The van der Waals surface area contributed by atoms with Crippen LogP contribution in [0.25, 0.3) is 16.9 Å². The van der Waals surface area contributed by atoms with Crippen molar-refractivity contribution in [2.45, 2.75) is 20.8 Å². The van der Waals surface area contributed by atoms with Crippen molar-refractivity contribution < 1.29 is 0 Å². The van der Waals surface area contributed by atoms with Crippen LogP contribution in [0.3, 0.4) is 0 Å². The van der Waals surface area contributed by atoms with Crippen LogP contribution in [0.15, 0.2) is 77.1 Å². The molecule has 4 rings (SSSR count). The van der Waals surface area contributed by atoms with Crippen molar-refractivity contribution in [1.29, 1.82) is 0 Å². The van der Waals surface area contributed by atoms with Crippen LogP contribution in [0.2, 0.25) is 0 Å². The van der Waals surface area contributed by atoms with Crippen LogP contribution >= 0.6 is 0 Å². The zero-order valence-corrected chi connectivity index (χ0v) is 15.1. The van der Waals surface area contributed by atoms with E-state index in [9.17, 15) is 0 Å². The van der Waals surface area contributed by atoms with Crippen LogP contribution in [-0.4, -0.2) is 9.38 Å². The van der Waals surface area contributed by atoms with E-state index in [2.05, 4.69) is 43.1 Å². The van der Waals surface area contributed by atoms with E-state index in [0.29, 0.717) is 0 Å². The highest BCUT2D eigenvalue weighted by Crippen LogP contribution is 2.32. The predicted molar refractivity (Wildman–Crippen MR) is 105 cm³/mol. The molecule has 0 atom stereocenters. The standard InChI is InChI=1S/C22H20N4/c1-15-9-10-20-23-21(18-7-5-4-6-8-18)22(26(20)14-15)25-24-19-12-16(2)11-17(3)13-19/h4-14H,1-3H3. The lowest BCUT2D eigenvalue weighted by Gasteiger charge is -2.01. The van der Waals surface area contributed by atoms with Crippen LogP contribution in [0.1, 0.15) is 16.7 Å². The Kier molecular flexibility index (Phi) is 4.09. The van der Waals surface area contributed by atoms with Crippen LogP contribution < -0.4 is 0 Å². The molecular weight excluding hydrogens is 320 g/mol. The third-order valence-electron chi connectivity index (χ3n) is 4.26. The summed E-state index contributed by atoms with van der Waals surface area (Å²) in [6, 6.07) is 20.4. The number of fused-ring (bicyclic) bond motifs is 1. The summed E-state index contributed by atoms with van der Waals surface area (Å²) < 4.78 is 2.00. The van der Waals surface area contributed by atoms with Crippen molar-refractivity contribution in [2.75, 3.05) is 0 Å². The van der Waals surface area contributed by atoms with E-state index in [1.165, 1.54) is 11.1 Å². The van der Waals surface area contributed by atoms with Gasteiger partial charge in [0.15, 0.2) is 5.82 Å². The maximum absolute atomic E-state index is 4.78. The number of azo groups is 1. The van der Waals surface area contributed by atoms with Gasteiger partial charge in [-0.05, 0) is 55.7 Å². The molecule has 4 heteroatoms. The summed E-state index contributed by atoms with van der Waals surface area (Å²) in [4.78, 5) is 4.78. The number of rotatable bonds is 3. The molecule has 4 nitrogen and oxygen atoms in total. The number of pyridine rings is 1. The largest absolute Gasteiger partial charge is 0.282 e. The zero-order chi connectivity index (χ0) is 18.1. The fourth-order valence-corrected chi connectivity index (χ4v) is 3.14. The molecule has 0 fully saturated rings. The molecule has 2 aromatic carbocycles. The number of nitrogens with zero attached hydrogens (tertiary/aromatic N) is 4. The van der Waals surface area contributed by atoms with E-state index in [4.69, 9.17) is 4.98 Å². The number of imidazole rings is 1. The van der Waals surface area contributed by atoms with E-state index in [1.54, 1.807) is 0 Å². The maximum atomic E-state index is 4.78. The maximum Gasteiger partial charge on any atom is 0.187 e. The molecular formula is C22H20N4. The van der Waals surface area contributed by atoms with Crippen molar-refractivity contribution in [3.8, 4) is 11.3 Å². The molecule has 0 aliphatic heterocycles. The third-order valence-corrected chi connectivity index (χ3v) is 4.26. The Morgan fingerprint density at radius 1 is 0.769 bits per heavy atom. The molecule has 0 saturated carbocycles. The Bertz CT molecular complexity index is 1090. The second-order valence-electron chi connectivity index (χ2n) is 6.63. The first kappa shape index (κ1) is 16.2. The first-order valence-corrected chi connectivity index (χ1v) is 8.64. The summed E-state index contributed by atoms with van der Waals surface area (Å²) in [7, 11) is 0. The van der Waals surface area contributed by atoms with Gasteiger partial charge in [-0.15, -0.1) is 10.2 Å². The van der Waals surface area contributed by atoms with E-state index in [1.807, 2.05) is 59.1 Å². The molecule has 0 aliphatic carbocycles. The van der Waals surface area contributed by atoms with Gasteiger partial charge in [-0.1, -0.05) is 42.5 Å². The number of hydrogen-bond acceptors (Lipinski definition) is 3. The molecule has 2 heterocycles. The van der Waals surface area contributed by atoms with Gasteiger partial charge < -0.3 is 0 Å². The summed E-state index contributed by atoms with van der Waals surface area (Å²) >= 11 is 0. The molecule has 0 bridgehead atoms. The average Bonchev–Trinajstić information content (AvgIpc) is 2.97. The topological polar surface area (TPSA) is 42.0 Å². The third kappa shape index (κ3) is 3.14. The SMILES string of the molecule is Cc1cc(C)cc(N=Nc2c(-c3ccccc3)nc3ccc(C)cn23)c1. The Morgan fingerprint density at radius 3 is 2.23 bits per heavy atom. The lowest BCUT2D eigenvalue weighted by molar-refractivity contribution is 1.09. The van der Waals surface area contributed by atoms with Crippen molar-refractivity contribution in [3.05, 3.63) is 83.6 Å². The minimum Gasteiger partial charge on any atom is -0.282 e. The highest BCUT2D eigenvalue weighted by molar-refractivity contribution is 5.74. The van der Waals surface area contributed by atoms with E-state index < -0.39 is 0 Å². The van der Waals surface area contributed by atoms with Gasteiger partial charge in [0, 0.05) is 11.8 Å². The average molecular weight is 340 g/mol. The first-order chi connectivity index (χ1) is 12.6. The highest BCUT2D eigenvalue weighted by atomic mass is 15.2. The first-order valence-electron chi connectivity index (χ1n) is 8.64. The normalized spacial score (nSPS) is 11.5. The zero-order valence-electron chi connectivity index (χ0n) is 15.1. The van der Waals surface area contributed by atoms with E-state index in [0.717, 1.165) is 34.0 Å². The molecule has 2 aromatic heterocycles. The van der Waals surface area contributed by atoms with Crippen molar-refractivity contribution >= 4 is 17.2 Å². The molecule has 128 valence electrons. The molecule has 0 spiro atoms. The van der Waals surface area contributed by atoms with Gasteiger partial charge in [-0.2, -0.15) is 0 Å². The summed E-state index contributed by atoms with van der Waals surface area (Å²) in [5.41, 5.74) is 7.09.